The van der Waals surface area contributed by atoms with E-state index in [-0.39, 0.29) is 30.5 Å². The van der Waals surface area contributed by atoms with Gasteiger partial charge in [0, 0.05) is 32.3 Å². The second-order valence-corrected chi connectivity index (χ2v) is 9.09. The molecule has 0 atom stereocenters. The van der Waals surface area contributed by atoms with Crippen molar-refractivity contribution in [2.75, 3.05) is 31.6 Å². The van der Waals surface area contributed by atoms with Crippen LogP contribution in [0.2, 0.25) is 0 Å². The highest BCUT2D eigenvalue weighted by molar-refractivity contribution is 7.89. The molecule has 0 saturated carbocycles. The summed E-state index contributed by atoms with van der Waals surface area (Å²) in [4.78, 5) is 3.55. The highest BCUT2D eigenvalue weighted by Gasteiger charge is 2.36. The molecule has 28 heavy (non-hydrogen) atoms. The summed E-state index contributed by atoms with van der Waals surface area (Å²) in [7, 11) is -3.41. The lowest BCUT2D eigenvalue weighted by molar-refractivity contribution is -0.141. The number of halogens is 3. The molecule has 0 unspecified atom stereocenters. The van der Waals surface area contributed by atoms with Crippen LogP contribution in [0.15, 0.2) is 12.1 Å². The zero-order valence-corrected chi connectivity index (χ0v) is 15.9. The van der Waals surface area contributed by atoms with Gasteiger partial charge in [0.1, 0.15) is 17.6 Å². The quantitative estimate of drug-likeness (QED) is 0.807. The number of hydrogen-bond donors (Lipinski definition) is 1. The molecule has 2 aliphatic heterocycles. The summed E-state index contributed by atoms with van der Waals surface area (Å²) < 4.78 is 70.8. The third-order valence-electron chi connectivity index (χ3n) is 5.05. The number of ether oxygens (including phenoxy) is 1. The van der Waals surface area contributed by atoms with E-state index >= 15 is 0 Å². The summed E-state index contributed by atoms with van der Waals surface area (Å²) in [5.41, 5.74) is -1.06. The van der Waals surface area contributed by atoms with Gasteiger partial charge in [-0.15, -0.1) is 0 Å². The van der Waals surface area contributed by atoms with Gasteiger partial charge in [-0.2, -0.15) is 18.4 Å². The molecule has 0 bridgehead atoms. The van der Waals surface area contributed by atoms with Gasteiger partial charge in [-0.3, -0.25) is 0 Å². The molecule has 0 amide bonds. The monoisotopic (exact) mass is 418 g/mol. The van der Waals surface area contributed by atoms with E-state index in [0.29, 0.717) is 38.9 Å². The Labute approximate surface area is 161 Å². The number of rotatable bonds is 4. The second kappa shape index (κ2) is 8.23. The van der Waals surface area contributed by atoms with Gasteiger partial charge in [0.15, 0.2) is 0 Å². The minimum atomic E-state index is -4.61. The van der Waals surface area contributed by atoms with E-state index in [1.54, 1.807) is 0 Å². The van der Waals surface area contributed by atoms with Gasteiger partial charge in [-0.05, 0) is 37.8 Å². The van der Waals surface area contributed by atoms with Crippen molar-refractivity contribution >= 4 is 15.8 Å². The molecule has 2 saturated heterocycles. The molecule has 7 nitrogen and oxygen atoms in total. The molecule has 3 heterocycles. The number of piperidine rings is 1. The Balaban J connectivity index is 1.65. The highest BCUT2D eigenvalue weighted by atomic mass is 32.2. The molecule has 0 radical (unpaired) electrons. The fraction of sp³-hybridized carbons (Fsp3) is 0.647. The molecule has 11 heteroatoms. The van der Waals surface area contributed by atoms with Crippen LogP contribution in [0.1, 0.15) is 36.9 Å². The number of hydrogen-bond acceptors (Lipinski definition) is 6. The van der Waals surface area contributed by atoms with Crippen molar-refractivity contribution in [3.8, 4) is 6.07 Å². The lowest BCUT2D eigenvalue weighted by atomic mass is 10.1. The van der Waals surface area contributed by atoms with Crippen LogP contribution in [-0.2, 0) is 20.9 Å². The average Bonchev–Trinajstić information content (AvgIpc) is 2.68. The smallest absolute Gasteiger partial charge is 0.381 e. The first-order valence-electron chi connectivity index (χ1n) is 9.03. The topological polar surface area (TPSA) is 95.3 Å². The summed E-state index contributed by atoms with van der Waals surface area (Å²) in [6, 6.07) is 3.43. The van der Waals surface area contributed by atoms with E-state index in [1.807, 2.05) is 6.07 Å². The summed E-state index contributed by atoms with van der Waals surface area (Å²) in [6.07, 6.45) is -2.82. The minimum Gasteiger partial charge on any atom is -0.381 e. The molecule has 0 aromatic carbocycles. The number of aromatic nitrogens is 1. The predicted octanol–water partition coefficient (Wildman–Crippen LogP) is 2.36. The standard InChI is InChI=1S/C17H21F3N4O3S/c18-17(19,20)15-2-1-12(11-21)16(23-15)22-13-3-7-24(8-4-13)28(25,26)14-5-9-27-10-6-14/h1-2,13-14H,3-10H2,(H,22,23). The maximum atomic E-state index is 12.9. The SMILES string of the molecule is N#Cc1ccc(C(F)(F)F)nc1NC1CCN(S(=O)(=O)C2CCOCC2)CC1. The van der Waals surface area contributed by atoms with Crippen molar-refractivity contribution < 1.29 is 26.3 Å². The molecular weight excluding hydrogens is 397 g/mol. The molecule has 154 valence electrons. The van der Waals surface area contributed by atoms with Crippen LogP contribution in [0, 0.1) is 11.3 Å². The Morgan fingerprint density at radius 3 is 2.39 bits per heavy atom. The molecule has 1 aromatic rings. The van der Waals surface area contributed by atoms with E-state index in [9.17, 15) is 21.6 Å². The lowest BCUT2D eigenvalue weighted by Crippen LogP contribution is -2.47. The number of sulfonamides is 1. The van der Waals surface area contributed by atoms with Crippen LogP contribution in [0.4, 0.5) is 19.0 Å². The Morgan fingerprint density at radius 2 is 1.82 bits per heavy atom. The Kier molecular flexibility index (Phi) is 6.12. The molecule has 1 aromatic heterocycles. The van der Waals surface area contributed by atoms with Gasteiger partial charge in [-0.25, -0.2) is 17.7 Å². The van der Waals surface area contributed by atoms with Gasteiger partial charge < -0.3 is 10.1 Å². The maximum Gasteiger partial charge on any atom is 0.433 e. The first-order chi connectivity index (χ1) is 13.2. The fourth-order valence-corrected chi connectivity index (χ4v) is 5.38. The van der Waals surface area contributed by atoms with E-state index in [2.05, 4.69) is 10.3 Å². The minimum absolute atomic E-state index is 0.0188. The van der Waals surface area contributed by atoms with Crippen molar-refractivity contribution in [1.29, 1.82) is 5.26 Å². The van der Waals surface area contributed by atoms with Crippen molar-refractivity contribution in [3.63, 3.8) is 0 Å². The summed E-state index contributed by atoms with van der Waals surface area (Å²) in [5.74, 6) is -0.122. The van der Waals surface area contributed by atoms with Crippen molar-refractivity contribution in [1.82, 2.24) is 9.29 Å². The normalized spacial score (nSPS) is 20.6. The Bertz CT molecular complexity index is 840. The molecular formula is C17H21F3N4O3S. The Morgan fingerprint density at radius 1 is 1.18 bits per heavy atom. The van der Waals surface area contributed by atoms with Crippen LogP contribution in [0.3, 0.4) is 0 Å². The van der Waals surface area contributed by atoms with E-state index in [4.69, 9.17) is 10.00 Å². The summed E-state index contributed by atoms with van der Waals surface area (Å²) in [6.45, 7) is 1.41. The van der Waals surface area contributed by atoms with Crippen molar-refractivity contribution in [2.24, 2.45) is 0 Å². The van der Waals surface area contributed by atoms with Gasteiger partial charge >= 0.3 is 6.18 Å². The Hall–Kier alpha value is -1.90. The van der Waals surface area contributed by atoms with Gasteiger partial charge in [0.05, 0.1) is 10.8 Å². The van der Waals surface area contributed by atoms with Crippen LogP contribution in [0.25, 0.3) is 0 Å². The van der Waals surface area contributed by atoms with Crippen molar-refractivity contribution in [3.05, 3.63) is 23.4 Å². The third kappa shape index (κ3) is 4.56. The van der Waals surface area contributed by atoms with Crippen LogP contribution >= 0.6 is 0 Å². The number of anilines is 1. The third-order valence-corrected chi connectivity index (χ3v) is 7.45. The first-order valence-corrected chi connectivity index (χ1v) is 10.5. The number of alkyl halides is 3. The average molecular weight is 418 g/mol. The molecule has 0 aliphatic carbocycles. The van der Waals surface area contributed by atoms with Crippen LogP contribution in [-0.4, -0.2) is 55.3 Å². The zero-order chi connectivity index (χ0) is 20.4. The second-order valence-electron chi connectivity index (χ2n) is 6.88. The lowest BCUT2D eigenvalue weighted by Gasteiger charge is -2.35. The highest BCUT2D eigenvalue weighted by Crippen LogP contribution is 2.30. The maximum absolute atomic E-state index is 12.9. The molecule has 3 rings (SSSR count). The van der Waals surface area contributed by atoms with Crippen molar-refractivity contribution in [2.45, 2.75) is 43.2 Å². The zero-order valence-electron chi connectivity index (χ0n) is 15.1. The first kappa shape index (κ1) is 20.8. The molecule has 2 aliphatic rings. The van der Waals surface area contributed by atoms with E-state index in [1.165, 1.54) is 4.31 Å². The number of pyridine rings is 1. The number of nitriles is 1. The van der Waals surface area contributed by atoms with Gasteiger partial charge in [-0.1, -0.05) is 0 Å². The fourth-order valence-electron chi connectivity index (χ4n) is 3.45. The predicted molar refractivity (Wildman–Crippen MR) is 94.9 cm³/mol. The number of nitrogens with one attached hydrogen (secondary N) is 1. The van der Waals surface area contributed by atoms with Crippen LogP contribution < -0.4 is 5.32 Å². The van der Waals surface area contributed by atoms with Gasteiger partial charge in [0.2, 0.25) is 10.0 Å². The largest absolute Gasteiger partial charge is 0.433 e. The molecule has 2 fully saturated rings. The van der Waals surface area contributed by atoms with Gasteiger partial charge in [0.25, 0.3) is 0 Å². The number of nitrogens with zero attached hydrogens (tertiary/aromatic N) is 3. The molecule has 1 N–H and O–H groups in total. The van der Waals surface area contributed by atoms with E-state index < -0.39 is 27.1 Å². The summed E-state index contributed by atoms with van der Waals surface area (Å²) >= 11 is 0. The summed E-state index contributed by atoms with van der Waals surface area (Å²) in [5, 5.41) is 11.6. The molecule has 0 spiro atoms. The van der Waals surface area contributed by atoms with E-state index in [0.717, 1.165) is 12.1 Å². The van der Waals surface area contributed by atoms with Crippen LogP contribution in [0.5, 0.6) is 0 Å².